The summed E-state index contributed by atoms with van der Waals surface area (Å²) < 4.78 is 4.82. The van der Waals surface area contributed by atoms with Crippen LogP contribution in [0.1, 0.15) is 37.7 Å². The van der Waals surface area contributed by atoms with Crippen molar-refractivity contribution in [3.05, 3.63) is 23.8 Å². The standard InChI is InChI=1S/C19H24N2O5/c1-26-19(25)21-10-4-5-12-11-13(8-9-16(12)21)20-17(22)14-6-2-3-7-15(14)18(23)24/h8-9,11,14-15H,2-7,10H2,1H3,(H,20,22)(H,23,24)/t14-,15-/m0/s1. The molecule has 3 rings (SSSR count). The number of hydrogen-bond donors (Lipinski definition) is 2. The summed E-state index contributed by atoms with van der Waals surface area (Å²) in [6.07, 6.45) is 4.12. The molecule has 0 bridgehead atoms. The van der Waals surface area contributed by atoms with Crippen LogP contribution in [0.3, 0.4) is 0 Å². The highest BCUT2D eigenvalue weighted by Crippen LogP contribution is 2.33. The Morgan fingerprint density at radius 3 is 2.58 bits per heavy atom. The molecule has 1 aromatic carbocycles. The Morgan fingerprint density at radius 2 is 1.88 bits per heavy atom. The highest BCUT2D eigenvalue weighted by Gasteiger charge is 2.35. The molecule has 1 heterocycles. The third kappa shape index (κ3) is 3.66. The number of carboxylic acid groups (broad SMARTS) is 1. The van der Waals surface area contributed by atoms with Crippen molar-refractivity contribution in [3.63, 3.8) is 0 Å². The van der Waals surface area contributed by atoms with Crippen molar-refractivity contribution in [2.24, 2.45) is 11.8 Å². The van der Waals surface area contributed by atoms with E-state index in [1.54, 1.807) is 17.0 Å². The van der Waals surface area contributed by atoms with Gasteiger partial charge >= 0.3 is 12.1 Å². The van der Waals surface area contributed by atoms with Gasteiger partial charge in [-0.1, -0.05) is 12.8 Å². The molecular formula is C19H24N2O5. The Morgan fingerprint density at radius 1 is 1.15 bits per heavy atom. The number of carboxylic acids is 1. The summed E-state index contributed by atoms with van der Waals surface area (Å²) >= 11 is 0. The van der Waals surface area contributed by atoms with Crippen LogP contribution in [-0.4, -0.2) is 36.7 Å². The first-order chi connectivity index (χ1) is 12.5. The van der Waals surface area contributed by atoms with Crippen molar-refractivity contribution in [1.29, 1.82) is 0 Å². The van der Waals surface area contributed by atoms with Gasteiger partial charge in [0.25, 0.3) is 0 Å². The Labute approximate surface area is 152 Å². The average Bonchev–Trinajstić information content (AvgIpc) is 2.66. The van der Waals surface area contributed by atoms with E-state index in [0.717, 1.165) is 36.9 Å². The Bertz CT molecular complexity index is 718. The molecule has 2 amide bonds. The molecule has 0 unspecified atom stereocenters. The quantitative estimate of drug-likeness (QED) is 0.864. The molecule has 0 aromatic heterocycles. The van der Waals surface area contributed by atoms with Gasteiger partial charge in [0.1, 0.15) is 0 Å². The molecule has 0 radical (unpaired) electrons. The second kappa shape index (κ2) is 7.76. The number of ether oxygens (including phenoxy) is 1. The van der Waals surface area contributed by atoms with Crippen molar-refractivity contribution in [1.82, 2.24) is 0 Å². The van der Waals surface area contributed by atoms with Crippen molar-refractivity contribution < 1.29 is 24.2 Å². The summed E-state index contributed by atoms with van der Waals surface area (Å²) in [6.45, 7) is 0.605. The summed E-state index contributed by atoms with van der Waals surface area (Å²) in [7, 11) is 1.36. The topological polar surface area (TPSA) is 95.9 Å². The van der Waals surface area contributed by atoms with Gasteiger partial charge in [0.2, 0.25) is 5.91 Å². The number of amides is 2. The van der Waals surface area contributed by atoms with Crippen LogP contribution in [0.4, 0.5) is 16.2 Å². The molecule has 1 fully saturated rings. The van der Waals surface area contributed by atoms with E-state index in [4.69, 9.17) is 4.74 Å². The number of rotatable bonds is 3. The number of nitrogens with one attached hydrogen (secondary N) is 1. The zero-order valence-electron chi connectivity index (χ0n) is 14.9. The van der Waals surface area contributed by atoms with Gasteiger partial charge in [0.05, 0.1) is 24.6 Å². The number of fused-ring (bicyclic) bond motifs is 1. The van der Waals surface area contributed by atoms with Crippen LogP contribution < -0.4 is 10.2 Å². The number of aliphatic carboxylic acids is 1. The maximum absolute atomic E-state index is 12.6. The average molecular weight is 360 g/mol. The summed E-state index contributed by atoms with van der Waals surface area (Å²) in [5.41, 5.74) is 2.40. The van der Waals surface area contributed by atoms with Gasteiger partial charge in [-0.05, 0) is 49.4 Å². The van der Waals surface area contributed by atoms with E-state index < -0.39 is 23.9 Å². The molecule has 1 aliphatic carbocycles. The zero-order valence-corrected chi connectivity index (χ0v) is 14.9. The highest BCUT2D eigenvalue weighted by atomic mass is 16.5. The third-order valence-electron chi connectivity index (χ3n) is 5.28. The summed E-state index contributed by atoms with van der Waals surface area (Å²) in [5, 5.41) is 12.2. The Kier molecular flexibility index (Phi) is 5.44. The molecular weight excluding hydrogens is 336 g/mol. The predicted octanol–water partition coefficient (Wildman–Crippen LogP) is 3.04. The number of nitrogens with zero attached hydrogens (tertiary/aromatic N) is 1. The summed E-state index contributed by atoms with van der Waals surface area (Å²) in [6, 6.07) is 5.41. The van der Waals surface area contributed by atoms with E-state index in [-0.39, 0.29) is 5.91 Å². The maximum atomic E-state index is 12.6. The molecule has 0 saturated heterocycles. The van der Waals surface area contributed by atoms with Crippen LogP contribution in [0, 0.1) is 11.8 Å². The van der Waals surface area contributed by atoms with Gasteiger partial charge in [-0.25, -0.2) is 4.79 Å². The lowest BCUT2D eigenvalue weighted by Gasteiger charge is -2.29. The largest absolute Gasteiger partial charge is 0.481 e. The molecule has 26 heavy (non-hydrogen) atoms. The van der Waals surface area contributed by atoms with Crippen LogP contribution in [0.25, 0.3) is 0 Å². The van der Waals surface area contributed by atoms with Crippen molar-refractivity contribution >= 4 is 29.3 Å². The first-order valence-electron chi connectivity index (χ1n) is 9.03. The number of methoxy groups -OCH3 is 1. The lowest BCUT2D eigenvalue weighted by atomic mass is 9.78. The molecule has 1 aliphatic heterocycles. The van der Waals surface area contributed by atoms with Crippen LogP contribution in [-0.2, 0) is 20.7 Å². The van der Waals surface area contributed by atoms with E-state index in [0.29, 0.717) is 25.1 Å². The fourth-order valence-electron chi connectivity index (χ4n) is 3.95. The molecule has 0 spiro atoms. The normalized spacial score (nSPS) is 22.3. The fraction of sp³-hybridized carbons (Fsp3) is 0.526. The van der Waals surface area contributed by atoms with Gasteiger partial charge in [-0.3, -0.25) is 14.5 Å². The third-order valence-corrected chi connectivity index (χ3v) is 5.28. The number of benzene rings is 1. The maximum Gasteiger partial charge on any atom is 0.414 e. The minimum Gasteiger partial charge on any atom is -0.481 e. The number of hydrogen-bond acceptors (Lipinski definition) is 4. The lowest BCUT2D eigenvalue weighted by Crippen LogP contribution is -2.36. The minimum absolute atomic E-state index is 0.238. The second-order valence-electron chi connectivity index (χ2n) is 6.89. The smallest absolute Gasteiger partial charge is 0.414 e. The lowest BCUT2D eigenvalue weighted by molar-refractivity contribution is -0.147. The van der Waals surface area contributed by atoms with Crippen molar-refractivity contribution in [2.75, 3.05) is 23.9 Å². The molecule has 1 aromatic rings. The second-order valence-corrected chi connectivity index (χ2v) is 6.89. The molecule has 2 atom stereocenters. The molecule has 140 valence electrons. The fourth-order valence-corrected chi connectivity index (χ4v) is 3.95. The van der Waals surface area contributed by atoms with Crippen LogP contribution in [0.2, 0.25) is 0 Å². The monoisotopic (exact) mass is 360 g/mol. The Hall–Kier alpha value is -2.57. The predicted molar refractivity (Wildman–Crippen MR) is 96.2 cm³/mol. The molecule has 7 nitrogen and oxygen atoms in total. The summed E-state index contributed by atoms with van der Waals surface area (Å²) in [5.74, 6) is -2.25. The van der Waals surface area contributed by atoms with Crippen LogP contribution in [0.5, 0.6) is 0 Å². The van der Waals surface area contributed by atoms with Gasteiger partial charge in [0.15, 0.2) is 0 Å². The van der Waals surface area contributed by atoms with Crippen molar-refractivity contribution in [3.8, 4) is 0 Å². The van der Waals surface area contributed by atoms with E-state index in [1.165, 1.54) is 7.11 Å². The van der Waals surface area contributed by atoms with Gasteiger partial charge < -0.3 is 15.2 Å². The van der Waals surface area contributed by atoms with Gasteiger partial charge in [0, 0.05) is 12.2 Å². The zero-order chi connectivity index (χ0) is 18.7. The summed E-state index contributed by atoms with van der Waals surface area (Å²) in [4.78, 5) is 37.5. The van der Waals surface area contributed by atoms with Crippen molar-refractivity contribution in [2.45, 2.75) is 38.5 Å². The first kappa shape index (κ1) is 18.2. The van der Waals surface area contributed by atoms with E-state index in [2.05, 4.69) is 5.32 Å². The van der Waals surface area contributed by atoms with Gasteiger partial charge in [-0.15, -0.1) is 0 Å². The first-order valence-corrected chi connectivity index (χ1v) is 9.03. The van der Waals surface area contributed by atoms with Crippen LogP contribution in [0.15, 0.2) is 18.2 Å². The van der Waals surface area contributed by atoms with E-state index in [1.807, 2.05) is 6.07 Å². The molecule has 2 N–H and O–H groups in total. The minimum atomic E-state index is -0.899. The number of aryl methyl sites for hydroxylation is 1. The number of anilines is 2. The SMILES string of the molecule is COC(=O)N1CCCc2cc(NC(=O)[C@H]3CCCC[C@@H]3C(=O)O)ccc21. The van der Waals surface area contributed by atoms with E-state index in [9.17, 15) is 19.5 Å². The number of carbonyl (C=O) groups excluding carboxylic acids is 2. The molecule has 1 saturated carbocycles. The molecule has 2 aliphatic rings. The number of carbonyl (C=O) groups is 3. The van der Waals surface area contributed by atoms with Crippen LogP contribution >= 0.6 is 0 Å². The van der Waals surface area contributed by atoms with Gasteiger partial charge in [-0.2, -0.15) is 0 Å². The van der Waals surface area contributed by atoms with E-state index >= 15 is 0 Å². The highest BCUT2D eigenvalue weighted by molar-refractivity contribution is 5.96. The Balaban J connectivity index is 1.75. The molecule has 7 heteroatoms.